The van der Waals surface area contributed by atoms with E-state index in [0.717, 1.165) is 0 Å². The molecule has 0 amide bonds. The summed E-state index contributed by atoms with van der Waals surface area (Å²) < 4.78 is 0. The minimum Gasteiger partial charge on any atom is -0.305 e. The molecule has 0 bridgehead atoms. The second-order valence-electron chi connectivity index (χ2n) is 3.92. The number of hydrogen-bond donors (Lipinski definition) is 0. The molecule has 0 aliphatic carbocycles. The number of rotatable bonds is 14. The molecule has 0 aliphatic heterocycles. The van der Waals surface area contributed by atoms with Crippen molar-refractivity contribution < 1.29 is 0 Å². The Morgan fingerprint density at radius 3 is 1.39 bits per heavy atom. The lowest BCUT2D eigenvalue weighted by Crippen LogP contribution is -2.24. The molecule has 5 heteroatoms. The fourth-order valence-electron chi connectivity index (χ4n) is 1.28. The first-order valence-electron chi connectivity index (χ1n) is 6.80. The molecule has 110 valence electrons. The van der Waals surface area contributed by atoms with Crippen LogP contribution in [0.25, 0.3) is 0 Å². The Hall–Kier alpha value is 1.36. The second-order valence-corrected chi connectivity index (χ2v) is 9.16. The minimum absolute atomic E-state index is 1.24. The molecule has 0 saturated heterocycles. The molecule has 0 aliphatic rings. The van der Waals surface area contributed by atoms with Crippen molar-refractivity contribution in [3.8, 4) is 0 Å². The van der Waals surface area contributed by atoms with E-state index in [9.17, 15) is 0 Å². The van der Waals surface area contributed by atoms with Gasteiger partial charge in [0.2, 0.25) is 0 Å². The van der Waals surface area contributed by atoms with Gasteiger partial charge in [-0.3, -0.25) is 0 Å². The van der Waals surface area contributed by atoms with Gasteiger partial charge >= 0.3 is 0 Å². The summed E-state index contributed by atoms with van der Waals surface area (Å²) in [5, 5.41) is 0. The van der Waals surface area contributed by atoms with E-state index in [1.165, 1.54) is 59.1 Å². The highest BCUT2D eigenvalue weighted by Gasteiger charge is 1.98. The lowest BCUT2D eigenvalue weighted by Gasteiger charge is -2.15. The molecule has 18 heavy (non-hydrogen) atoms. The first-order valence-corrected chi connectivity index (χ1v) is 11.4. The van der Waals surface area contributed by atoms with Gasteiger partial charge in [-0.2, -0.15) is 47.0 Å². The quantitative estimate of drug-likeness (QED) is 0.444. The SMILES string of the molecule is CCSCCSCCN(C)CCSCCSCC. The first-order chi connectivity index (χ1) is 8.81. The molecule has 0 fully saturated rings. The van der Waals surface area contributed by atoms with Gasteiger partial charge in [0, 0.05) is 47.6 Å². The van der Waals surface area contributed by atoms with Gasteiger partial charge in [-0.15, -0.1) is 0 Å². The summed E-state index contributed by atoms with van der Waals surface area (Å²) >= 11 is 8.30. The average molecular weight is 328 g/mol. The fraction of sp³-hybridized carbons (Fsp3) is 1.00. The van der Waals surface area contributed by atoms with Crippen LogP contribution in [0.4, 0.5) is 0 Å². The highest BCUT2D eigenvalue weighted by Crippen LogP contribution is 2.08. The smallest absolute Gasteiger partial charge is 0.00696 e. The molecule has 0 rings (SSSR count). The maximum absolute atomic E-state index is 2.47. The summed E-state index contributed by atoms with van der Waals surface area (Å²) in [6, 6.07) is 0. The lowest BCUT2D eigenvalue weighted by atomic mass is 10.6. The topological polar surface area (TPSA) is 3.24 Å². The van der Waals surface area contributed by atoms with Crippen molar-refractivity contribution in [2.45, 2.75) is 13.8 Å². The molecule has 0 spiro atoms. The van der Waals surface area contributed by atoms with E-state index >= 15 is 0 Å². The van der Waals surface area contributed by atoms with Crippen LogP contribution in [-0.2, 0) is 0 Å². The molecule has 0 heterocycles. The molecule has 0 aromatic rings. The maximum atomic E-state index is 2.47. The van der Waals surface area contributed by atoms with E-state index < -0.39 is 0 Å². The summed E-state index contributed by atoms with van der Waals surface area (Å²) in [5.41, 5.74) is 0. The average Bonchev–Trinajstić information content (AvgIpc) is 2.38. The van der Waals surface area contributed by atoms with E-state index in [-0.39, 0.29) is 0 Å². The van der Waals surface area contributed by atoms with Gasteiger partial charge < -0.3 is 4.90 Å². The Morgan fingerprint density at radius 2 is 1.00 bits per heavy atom. The molecule has 0 saturated carbocycles. The van der Waals surface area contributed by atoms with Crippen LogP contribution >= 0.6 is 47.0 Å². The zero-order valence-corrected chi connectivity index (χ0v) is 15.4. The first kappa shape index (κ1) is 19.4. The van der Waals surface area contributed by atoms with Gasteiger partial charge in [-0.1, -0.05) is 13.8 Å². The number of hydrogen-bond acceptors (Lipinski definition) is 5. The van der Waals surface area contributed by atoms with Crippen LogP contribution in [-0.4, -0.2) is 71.1 Å². The lowest BCUT2D eigenvalue weighted by molar-refractivity contribution is 0.380. The monoisotopic (exact) mass is 327 g/mol. The van der Waals surface area contributed by atoms with Crippen LogP contribution in [0.5, 0.6) is 0 Å². The van der Waals surface area contributed by atoms with Gasteiger partial charge in [0.05, 0.1) is 0 Å². The van der Waals surface area contributed by atoms with Crippen LogP contribution in [0.2, 0.25) is 0 Å². The van der Waals surface area contributed by atoms with E-state index in [1.54, 1.807) is 0 Å². The molecule has 0 aromatic heterocycles. The maximum Gasteiger partial charge on any atom is 0.00696 e. The summed E-state index contributed by atoms with van der Waals surface area (Å²) in [4.78, 5) is 2.47. The summed E-state index contributed by atoms with van der Waals surface area (Å²) in [6.45, 7) is 6.96. The van der Waals surface area contributed by atoms with Crippen molar-refractivity contribution >= 4 is 47.0 Å². The number of thioether (sulfide) groups is 4. The molecule has 0 aromatic carbocycles. The summed E-state index contributed by atoms with van der Waals surface area (Å²) in [6.07, 6.45) is 0. The highest BCUT2D eigenvalue weighted by molar-refractivity contribution is 8.03. The van der Waals surface area contributed by atoms with Crippen molar-refractivity contribution in [2.24, 2.45) is 0 Å². The molecule has 0 atom stereocenters. The Kier molecular flexibility index (Phi) is 17.7. The molecule has 0 N–H and O–H groups in total. The predicted octanol–water partition coefficient (Wildman–Crippen LogP) is 3.89. The third-order valence-electron chi connectivity index (χ3n) is 2.39. The van der Waals surface area contributed by atoms with Crippen LogP contribution < -0.4 is 0 Å². The number of nitrogens with zero attached hydrogens (tertiary/aromatic N) is 1. The highest BCUT2D eigenvalue weighted by atomic mass is 32.2. The van der Waals surface area contributed by atoms with Gasteiger partial charge in [-0.25, -0.2) is 0 Å². The Balaban J connectivity index is 3.10. The van der Waals surface area contributed by atoms with Gasteiger partial charge in [-0.05, 0) is 18.6 Å². The Morgan fingerprint density at radius 1 is 0.611 bits per heavy atom. The van der Waals surface area contributed by atoms with Crippen molar-refractivity contribution in [3.63, 3.8) is 0 Å². The largest absolute Gasteiger partial charge is 0.305 e. The van der Waals surface area contributed by atoms with E-state index in [0.29, 0.717) is 0 Å². The third-order valence-corrected chi connectivity index (χ3v) is 6.63. The zero-order chi connectivity index (χ0) is 13.5. The van der Waals surface area contributed by atoms with E-state index in [2.05, 4.69) is 72.8 Å². The van der Waals surface area contributed by atoms with Crippen LogP contribution in [0, 0.1) is 0 Å². The van der Waals surface area contributed by atoms with Gasteiger partial charge in [0.25, 0.3) is 0 Å². The fourth-order valence-corrected chi connectivity index (χ4v) is 5.03. The van der Waals surface area contributed by atoms with Gasteiger partial charge in [0.1, 0.15) is 0 Å². The van der Waals surface area contributed by atoms with Crippen LogP contribution in [0.3, 0.4) is 0 Å². The molecular formula is C13H29NS4. The van der Waals surface area contributed by atoms with Crippen LogP contribution in [0.15, 0.2) is 0 Å². The van der Waals surface area contributed by atoms with E-state index in [1.807, 2.05) is 0 Å². The van der Waals surface area contributed by atoms with Crippen molar-refractivity contribution in [2.75, 3.05) is 66.2 Å². The molecule has 0 radical (unpaired) electrons. The second kappa shape index (κ2) is 16.4. The van der Waals surface area contributed by atoms with Gasteiger partial charge in [0.15, 0.2) is 0 Å². The molecule has 0 unspecified atom stereocenters. The minimum atomic E-state index is 1.24. The summed E-state index contributed by atoms with van der Waals surface area (Å²) in [5.74, 6) is 10.4. The van der Waals surface area contributed by atoms with Crippen molar-refractivity contribution in [1.82, 2.24) is 4.90 Å². The Labute approximate surface area is 131 Å². The molecular weight excluding hydrogens is 298 g/mol. The third kappa shape index (κ3) is 15.4. The van der Waals surface area contributed by atoms with Crippen molar-refractivity contribution in [3.05, 3.63) is 0 Å². The predicted molar refractivity (Wildman–Crippen MR) is 98.1 cm³/mol. The summed E-state index contributed by atoms with van der Waals surface area (Å²) in [7, 11) is 2.25. The van der Waals surface area contributed by atoms with Crippen LogP contribution in [0.1, 0.15) is 13.8 Å². The zero-order valence-electron chi connectivity index (χ0n) is 12.2. The van der Waals surface area contributed by atoms with E-state index in [4.69, 9.17) is 0 Å². The standard InChI is InChI=1S/C13H29NS4/c1-4-15-10-12-17-8-6-14(3)7-9-18-13-11-16-5-2/h4-13H2,1-3H3. The molecule has 1 nitrogen and oxygen atoms in total. The van der Waals surface area contributed by atoms with Crippen molar-refractivity contribution in [1.29, 1.82) is 0 Å². The normalized spacial score (nSPS) is 11.3. The Bertz CT molecular complexity index is 142.